The highest BCUT2D eigenvalue weighted by Crippen LogP contribution is 2.26. The Morgan fingerprint density at radius 3 is 2.57 bits per heavy atom. The molecule has 0 aliphatic heterocycles. The van der Waals surface area contributed by atoms with Crippen LogP contribution in [0.25, 0.3) is 11.3 Å². The number of imidazole rings is 1. The summed E-state index contributed by atoms with van der Waals surface area (Å²) in [6.07, 6.45) is 1.78. The maximum absolute atomic E-state index is 12.4. The Kier molecular flexibility index (Phi) is 7.13. The molecule has 7 nitrogen and oxygen atoms in total. The van der Waals surface area contributed by atoms with E-state index in [-0.39, 0.29) is 18.3 Å². The zero-order valence-electron chi connectivity index (χ0n) is 17.0. The standard InChI is InChI=1S/C22H23N3O4S/c1-4-29-21(27)17-7-5-6-8-18(17)24-20(26)14-30-22-23-13-19(25(22)2)15-9-11-16(28-3)12-10-15/h5-13H,4,14H2,1-3H3,(H,24,26). The summed E-state index contributed by atoms with van der Waals surface area (Å²) in [6.45, 7) is 2.01. The van der Waals surface area contributed by atoms with Crippen LogP contribution >= 0.6 is 11.8 Å². The molecule has 0 aliphatic carbocycles. The fraction of sp³-hybridized carbons (Fsp3) is 0.227. The summed E-state index contributed by atoms with van der Waals surface area (Å²) in [5.41, 5.74) is 2.70. The van der Waals surface area contributed by atoms with Crippen LogP contribution in [-0.2, 0) is 16.6 Å². The van der Waals surface area contributed by atoms with E-state index in [1.165, 1.54) is 11.8 Å². The highest BCUT2D eigenvalue weighted by Gasteiger charge is 2.15. The summed E-state index contributed by atoms with van der Waals surface area (Å²) >= 11 is 1.32. The van der Waals surface area contributed by atoms with Gasteiger partial charge in [0, 0.05) is 12.6 Å². The van der Waals surface area contributed by atoms with Crippen LogP contribution in [0.15, 0.2) is 59.9 Å². The van der Waals surface area contributed by atoms with E-state index in [0.29, 0.717) is 11.3 Å². The van der Waals surface area contributed by atoms with Gasteiger partial charge in [0.05, 0.1) is 42.6 Å². The number of nitrogens with zero attached hydrogens (tertiary/aromatic N) is 2. The van der Waals surface area contributed by atoms with E-state index in [0.717, 1.165) is 22.2 Å². The van der Waals surface area contributed by atoms with Gasteiger partial charge in [0.2, 0.25) is 5.91 Å². The summed E-state index contributed by atoms with van der Waals surface area (Å²) < 4.78 is 12.2. The van der Waals surface area contributed by atoms with Crippen molar-refractivity contribution in [2.75, 3.05) is 24.8 Å². The summed E-state index contributed by atoms with van der Waals surface area (Å²) in [7, 11) is 3.53. The first kappa shape index (κ1) is 21.4. The lowest BCUT2D eigenvalue weighted by Gasteiger charge is -2.10. The molecule has 0 aliphatic rings. The van der Waals surface area contributed by atoms with E-state index in [2.05, 4.69) is 10.3 Å². The van der Waals surface area contributed by atoms with Crippen LogP contribution < -0.4 is 10.1 Å². The number of hydrogen-bond acceptors (Lipinski definition) is 6. The molecule has 0 bridgehead atoms. The van der Waals surface area contributed by atoms with Crippen LogP contribution in [0, 0.1) is 0 Å². The van der Waals surface area contributed by atoms with Gasteiger partial charge in [-0.05, 0) is 43.3 Å². The summed E-state index contributed by atoms with van der Waals surface area (Å²) in [4.78, 5) is 28.9. The number of anilines is 1. The van der Waals surface area contributed by atoms with Gasteiger partial charge < -0.3 is 19.4 Å². The van der Waals surface area contributed by atoms with Crippen molar-refractivity contribution < 1.29 is 19.1 Å². The molecule has 3 rings (SSSR count). The molecule has 1 heterocycles. The van der Waals surface area contributed by atoms with E-state index in [4.69, 9.17) is 9.47 Å². The smallest absolute Gasteiger partial charge is 0.340 e. The molecule has 0 fully saturated rings. The second-order valence-corrected chi connectivity index (χ2v) is 7.26. The third-order valence-corrected chi connectivity index (χ3v) is 5.40. The fourth-order valence-electron chi connectivity index (χ4n) is 2.85. The first-order valence-corrected chi connectivity index (χ1v) is 10.4. The number of hydrogen-bond donors (Lipinski definition) is 1. The van der Waals surface area contributed by atoms with Gasteiger partial charge in [-0.3, -0.25) is 4.79 Å². The Morgan fingerprint density at radius 2 is 1.87 bits per heavy atom. The molecule has 0 spiro atoms. The Labute approximate surface area is 179 Å². The maximum atomic E-state index is 12.4. The monoisotopic (exact) mass is 425 g/mol. The number of nitrogens with one attached hydrogen (secondary N) is 1. The van der Waals surface area contributed by atoms with Gasteiger partial charge in [-0.2, -0.15) is 0 Å². The summed E-state index contributed by atoms with van der Waals surface area (Å²) in [6, 6.07) is 14.5. The van der Waals surface area contributed by atoms with Gasteiger partial charge in [-0.15, -0.1) is 0 Å². The average Bonchev–Trinajstić information content (AvgIpc) is 3.13. The SMILES string of the molecule is CCOC(=O)c1ccccc1NC(=O)CSc1ncc(-c2ccc(OC)cc2)n1C. The number of esters is 1. The van der Waals surface area contributed by atoms with Crippen molar-refractivity contribution in [2.24, 2.45) is 7.05 Å². The number of carbonyl (C=O) groups excluding carboxylic acids is 2. The highest BCUT2D eigenvalue weighted by molar-refractivity contribution is 7.99. The first-order chi connectivity index (χ1) is 14.5. The van der Waals surface area contributed by atoms with Crippen LogP contribution in [0.3, 0.4) is 0 Å². The lowest BCUT2D eigenvalue weighted by molar-refractivity contribution is -0.113. The Balaban J connectivity index is 1.65. The van der Waals surface area contributed by atoms with Crippen LogP contribution in [0.5, 0.6) is 5.75 Å². The molecule has 1 N–H and O–H groups in total. The van der Waals surface area contributed by atoms with Gasteiger partial charge in [0.15, 0.2) is 5.16 Å². The van der Waals surface area contributed by atoms with Crippen molar-refractivity contribution in [3.63, 3.8) is 0 Å². The minimum atomic E-state index is -0.464. The van der Waals surface area contributed by atoms with Crippen LogP contribution in [0.4, 0.5) is 5.69 Å². The minimum Gasteiger partial charge on any atom is -0.497 e. The molecule has 1 amide bonds. The number of methoxy groups -OCH3 is 1. The maximum Gasteiger partial charge on any atom is 0.340 e. The topological polar surface area (TPSA) is 82.4 Å². The van der Waals surface area contributed by atoms with Crippen molar-refractivity contribution in [3.8, 4) is 17.0 Å². The number of aromatic nitrogens is 2. The molecule has 3 aromatic rings. The molecule has 8 heteroatoms. The molecule has 0 saturated heterocycles. The molecule has 2 aromatic carbocycles. The van der Waals surface area contributed by atoms with Crippen molar-refractivity contribution in [3.05, 3.63) is 60.3 Å². The molecule has 156 valence electrons. The van der Waals surface area contributed by atoms with E-state index in [9.17, 15) is 9.59 Å². The summed E-state index contributed by atoms with van der Waals surface area (Å²) in [5.74, 6) is 0.250. The molecule has 0 saturated carbocycles. The molecule has 0 atom stereocenters. The Hall–Kier alpha value is -3.26. The van der Waals surface area contributed by atoms with Crippen molar-refractivity contribution in [2.45, 2.75) is 12.1 Å². The second-order valence-electron chi connectivity index (χ2n) is 6.32. The van der Waals surface area contributed by atoms with E-state index in [1.807, 2.05) is 35.9 Å². The number of carbonyl (C=O) groups is 2. The number of amides is 1. The Morgan fingerprint density at radius 1 is 1.13 bits per heavy atom. The number of rotatable bonds is 8. The average molecular weight is 426 g/mol. The van der Waals surface area contributed by atoms with E-state index >= 15 is 0 Å². The fourth-order valence-corrected chi connectivity index (χ4v) is 3.60. The molecular formula is C22H23N3O4S. The second kappa shape index (κ2) is 9.98. The molecule has 30 heavy (non-hydrogen) atoms. The predicted molar refractivity (Wildman–Crippen MR) is 117 cm³/mol. The number of ether oxygens (including phenoxy) is 2. The van der Waals surface area contributed by atoms with Gasteiger partial charge in [0.1, 0.15) is 5.75 Å². The Bertz CT molecular complexity index is 1030. The third kappa shape index (κ3) is 5.01. The van der Waals surface area contributed by atoms with Crippen LogP contribution in [0.1, 0.15) is 17.3 Å². The van der Waals surface area contributed by atoms with Crippen LogP contribution in [0.2, 0.25) is 0 Å². The molecular weight excluding hydrogens is 402 g/mol. The van der Waals surface area contributed by atoms with Crippen molar-refractivity contribution in [1.29, 1.82) is 0 Å². The quantitative estimate of drug-likeness (QED) is 0.434. The number of para-hydroxylation sites is 1. The van der Waals surface area contributed by atoms with Gasteiger partial charge in [0.25, 0.3) is 0 Å². The highest BCUT2D eigenvalue weighted by atomic mass is 32.2. The molecule has 0 radical (unpaired) electrons. The van der Waals surface area contributed by atoms with Crippen molar-refractivity contribution >= 4 is 29.3 Å². The first-order valence-electron chi connectivity index (χ1n) is 9.38. The zero-order chi connectivity index (χ0) is 21.5. The molecule has 1 aromatic heterocycles. The number of thioether (sulfide) groups is 1. The zero-order valence-corrected chi connectivity index (χ0v) is 17.9. The third-order valence-electron chi connectivity index (χ3n) is 4.36. The minimum absolute atomic E-state index is 0.157. The van der Waals surface area contributed by atoms with Crippen LogP contribution in [-0.4, -0.2) is 40.9 Å². The van der Waals surface area contributed by atoms with Gasteiger partial charge in [-0.1, -0.05) is 23.9 Å². The van der Waals surface area contributed by atoms with Gasteiger partial charge >= 0.3 is 5.97 Å². The van der Waals surface area contributed by atoms with Gasteiger partial charge in [-0.25, -0.2) is 9.78 Å². The number of benzene rings is 2. The van der Waals surface area contributed by atoms with E-state index < -0.39 is 5.97 Å². The molecule has 0 unspecified atom stereocenters. The lowest BCUT2D eigenvalue weighted by atomic mass is 10.1. The summed E-state index contributed by atoms with van der Waals surface area (Å²) in [5, 5.41) is 3.50. The largest absolute Gasteiger partial charge is 0.497 e. The lowest BCUT2D eigenvalue weighted by Crippen LogP contribution is -2.17. The van der Waals surface area contributed by atoms with Crippen molar-refractivity contribution in [1.82, 2.24) is 9.55 Å². The normalized spacial score (nSPS) is 10.5. The van der Waals surface area contributed by atoms with E-state index in [1.54, 1.807) is 44.5 Å². The predicted octanol–water partition coefficient (Wildman–Crippen LogP) is 4.00.